The molecule has 0 amide bonds. The summed E-state index contributed by atoms with van der Waals surface area (Å²) in [6.07, 6.45) is 3.56. The molecule has 0 saturated heterocycles. The minimum atomic E-state index is -1.39. The second-order valence-electron chi connectivity index (χ2n) is 3.36. The lowest BCUT2D eigenvalue weighted by Gasteiger charge is -2.06. The molecule has 1 N–H and O–H groups in total. The van der Waals surface area contributed by atoms with E-state index in [-0.39, 0.29) is 17.2 Å². The maximum atomic E-state index is 11.1. The van der Waals surface area contributed by atoms with Crippen LogP contribution in [0.4, 0.5) is 5.69 Å². The van der Waals surface area contributed by atoms with Crippen LogP contribution in [-0.4, -0.2) is 30.5 Å². The SMILES string of the molecule is N#Cc1nccn1-c1ncc([N+](=O)[O-])cc1C(=O)O. The van der Waals surface area contributed by atoms with Gasteiger partial charge in [-0.3, -0.25) is 14.7 Å². The monoisotopic (exact) mass is 259 g/mol. The molecule has 9 heteroatoms. The Labute approximate surface area is 105 Å². The van der Waals surface area contributed by atoms with Crippen LogP contribution in [0.5, 0.6) is 0 Å². The zero-order valence-electron chi connectivity index (χ0n) is 9.22. The molecule has 0 aromatic carbocycles. The minimum Gasteiger partial charge on any atom is -0.478 e. The number of nitrogens with zero attached hydrogens (tertiary/aromatic N) is 5. The Balaban J connectivity index is 2.68. The molecule has 0 unspecified atom stereocenters. The Morgan fingerprint density at radius 1 is 1.53 bits per heavy atom. The predicted molar refractivity (Wildman–Crippen MR) is 59.7 cm³/mol. The van der Waals surface area contributed by atoms with Crippen molar-refractivity contribution in [3.8, 4) is 11.9 Å². The van der Waals surface area contributed by atoms with Crippen LogP contribution in [0.3, 0.4) is 0 Å². The average molecular weight is 259 g/mol. The number of pyridine rings is 1. The molecule has 9 nitrogen and oxygen atoms in total. The average Bonchev–Trinajstić information content (AvgIpc) is 2.85. The van der Waals surface area contributed by atoms with Crippen LogP contribution in [0.1, 0.15) is 16.2 Å². The van der Waals surface area contributed by atoms with E-state index in [1.807, 2.05) is 0 Å². The van der Waals surface area contributed by atoms with Crippen LogP contribution in [0.2, 0.25) is 0 Å². The minimum absolute atomic E-state index is 0.0659. The molecule has 0 aliphatic rings. The molecule has 19 heavy (non-hydrogen) atoms. The summed E-state index contributed by atoms with van der Waals surface area (Å²) in [5.74, 6) is -1.56. The van der Waals surface area contributed by atoms with E-state index >= 15 is 0 Å². The quantitative estimate of drug-likeness (QED) is 0.634. The molecule has 0 bridgehead atoms. The number of nitro groups is 1. The number of nitriles is 1. The van der Waals surface area contributed by atoms with E-state index in [1.165, 1.54) is 12.4 Å². The normalized spacial score (nSPS) is 9.84. The third kappa shape index (κ3) is 2.09. The molecule has 2 heterocycles. The molecule has 0 fully saturated rings. The summed E-state index contributed by atoms with van der Waals surface area (Å²) >= 11 is 0. The highest BCUT2D eigenvalue weighted by Crippen LogP contribution is 2.19. The maximum absolute atomic E-state index is 11.1. The molecule has 94 valence electrons. The number of carboxylic acids is 1. The van der Waals surface area contributed by atoms with Crippen molar-refractivity contribution in [2.45, 2.75) is 0 Å². The summed E-state index contributed by atoms with van der Waals surface area (Å²) < 4.78 is 1.15. The number of rotatable bonds is 3. The third-order valence-corrected chi connectivity index (χ3v) is 2.26. The van der Waals surface area contributed by atoms with Gasteiger partial charge in [-0.25, -0.2) is 14.8 Å². The van der Waals surface area contributed by atoms with Crippen molar-refractivity contribution in [1.82, 2.24) is 14.5 Å². The van der Waals surface area contributed by atoms with Gasteiger partial charge in [0.15, 0.2) is 5.82 Å². The fourth-order valence-corrected chi connectivity index (χ4v) is 1.45. The molecule has 2 aromatic rings. The standard InChI is InChI=1S/C10H5N5O4/c11-4-8-12-1-2-14(8)9-7(10(16)17)3-6(5-13-9)15(18)19/h1-3,5H,(H,16,17). The lowest BCUT2D eigenvalue weighted by molar-refractivity contribution is -0.385. The number of hydrogen-bond acceptors (Lipinski definition) is 6. The number of aromatic carboxylic acids is 1. The van der Waals surface area contributed by atoms with E-state index in [1.54, 1.807) is 6.07 Å². The molecule has 0 saturated carbocycles. The Kier molecular flexibility index (Phi) is 2.91. The fourth-order valence-electron chi connectivity index (χ4n) is 1.45. The zero-order chi connectivity index (χ0) is 14.0. The highest BCUT2D eigenvalue weighted by Gasteiger charge is 2.20. The number of hydrogen-bond donors (Lipinski definition) is 1. The summed E-state index contributed by atoms with van der Waals surface area (Å²) in [6.45, 7) is 0. The van der Waals surface area contributed by atoms with Crippen LogP contribution in [0.15, 0.2) is 24.7 Å². The molecular formula is C10H5N5O4. The van der Waals surface area contributed by atoms with Crippen molar-refractivity contribution in [1.29, 1.82) is 5.26 Å². The summed E-state index contributed by atoms with van der Waals surface area (Å²) in [5, 5.41) is 28.5. The van der Waals surface area contributed by atoms with Crippen molar-refractivity contribution in [2.75, 3.05) is 0 Å². The van der Waals surface area contributed by atoms with E-state index < -0.39 is 16.6 Å². The lowest BCUT2D eigenvalue weighted by Crippen LogP contribution is -2.09. The molecule has 0 aliphatic carbocycles. The van der Waals surface area contributed by atoms with Crippen LogP contribution in [0, 0.1) is 21.4 Å². The first-order valence-corrected chi connectivity index (χ1v) is 4.86. The van der Waals surface area contributed by atoms with Gasteiger partial charge in [0.25, 0.3) is 5.69 Å². The van der Waals surface area contributed by atoms with Crippen molar-refractivity contribution >= 4 is 11.7 Å². The van der Waals surface area contributed by atoms with Gasteiger partial charge >= 0.3 is 5.97 Å². The second kappa shape index (κ2) is 4.53. The van der Waals surface area contributed by atoms with Crippen LogP contribution in [0.25, 0.3) is 5.82 Å². The van der Waals surface area contributed by atoms with E-state index in [2.05, 4.69) is 9.97 Å². The van der Waals surface area contributed by atoms with Gasteiger partial charge < -0.3 is 5.11 Å². The van der Waals surface area contributed by atoms with Gasteiger partial charge in [-0.05, 0) is 0 Å². The van der Waals surface area contributed by atoms with Gasteiger partial charge in [0.05, 0.1) is 4.92 Å². The number of imidazole rings is 1. The number of carboxylic acid groups (broad SMARTS) is 1. The van der Waals surface area contributed by atoms with Gasteiger partial charge in [0.1, 0.15) is 17.8 Å². The van der Waals surface area contributed by atoms with Crippen LogP contribution >= 0.6 is 0 Å². The van der Waals surface area contributed by atoms with Gasteiger partial charge in [-0.2, -0.15) is 5.26 Å². The summed E-state index contributed by atoms with van der Waals surface area (Å²) in [7, 11) is 0. The first-order valence-electron chi connectivity index (χ1n) is 4.86. The molecule has 0 aliphatic heterocycles. The van der Waals surface area contributed by atoms with Crippen molar-refractivity contribution in [2.24, 2.45) is 0 Å². The summed E-state index contributed by atoms with van der Waals surface area (Å²) in [6, 6.07) is 2.64. The van der Waals surface area contributed by atoms with E-state index in [9.17, 15) is 14.9 Å². The highest BCUT2D eigenvalue weighted by atomic mass is 16.6. The fraction of sp³-hybridized carbons (Fsp3) is 0. The predicted octanol–water partition coefficient (Wildman–Crippen LogP) is 0.745. The first kappa shape index (κ1) is 12.2. The Bertz CT molecular complexity index is 715. The van der Waals surface area contributed by atoms with Crippen molar-refractivity contribution < 1.29 is 14.8 Å². The summed E-state index contributed by atoms with van der Waals surface area (Å²) in [5.41, 5.74) is -0.830. The Morgan fingerprint density at radius 3 is 2.84 bits per heavy atom. The molecular weight excluding hydrogens is 254 g/mol. The maximum Gasteiger partial charge on any atom is 0.339 e. The Morgan fingerprint density at radius 2 is 2.26 bits per heavy atom. The molecule has 0 radical (unpaired) electrons. The Hall–Kier alpha value is -3.28. The van der Waals surface area contributed by atoms with Gasteiger partial charge in [-0.15, -0.1) is 0 Å². The smallest absolute Gasteiger partial charge is 0.339 e. The van der Waals surface area contributed by atoms with Gasteiger partial charge in [-0.1, -0.05) is 0 Å². The molecule has 2 rings (SSSR count). The number of aromatic nitrogens is 3. The summed E-state index contributed by atoms with van der Waals surface area (Å²) in [4.78, 5) is 28.4. The van der Waals surface area contributed by atoms with E-state index in [0.717, 1.165) is 16.8 Å². The molecule has 2 aromatic heterocycles. The van der Waals surface area contributed by atoms with Crippen LogP contribution < -0.4 is 0 Å². The lowest BCUT2D eigenvalue weighted by atomic mass is 10.2. The van der Waals surface area contributed by atoms with Crippen LogP contribution in [-0.2, 0) is 0 Å². The zero-order valence-corrected chi connectivity index (χ0v) is 9.22. The number of carbonyl (C=O) groups is 1. The van der Waals surface area contributed by atoms with Crippen molar-refractivity contribution in [3.63, 3.8) is 0 Å². The molecule has 0 atom stereocenters. The third-order valence-electron chi connectivity index (χ3n) is 2.26. The van der Waals surface area contributed by atoms with E-state index in [0.29, 0.717) is 0 Å². The largest absolute Gasteiger partial charge is 0.478 e. The van der Waals surface area contributed by atoms with Gasteiger partial charge in [0, 0.05) is 18.5 Å². The first-order chi connectivity index (χ1) is 9.04. The topological polar surface area (TPSA) is 135 Å². The molecule has 0 spiro atoms. The van der Waals surface area contributed by atoms with Gasteiger partial charge in [0.2, 0.25) is 5.82 Å². The second-order valence-corrected chi connectivity index (χ2v) is 3.36. The van der Waals surface area contributed by atoms with E-state index in [4.69, 9.17) is 10.4 Å². The van der Waals surface area contributed by atoms with Crippen molar-refractivity contribution in [3.05, 3.63) is 46.2 Å². The highest BCUT2D eigenvalue weighted by molar-refractivity contribution is 5.91.